The number of hydrogen-bond donors (Lipinski definition) is 1. The number of hydrogen-bond acceptors (Lipinski definition) is 2. The van der Waals surface area contributed by atoms with Crippen LogP contribution >= 0.6 is 11.6 Å². The molecule has 3 heteroatoms. The summed E-state index contributed by atoms with van der Waals surface area (Å²) in [5.41, 5.74) is 1.62. The number of halogens is 1. The first-order valence-electron chi connectivity index (χ1n) is 6.11. The lowest BCUT2D eigenvalue weighted by Crippen LogP contribution is -2.33. The Morgan fingerprint density at radius 2 is 2.18 bits per heavy atom. The zero-order valence-corrected chi connectivity index (χ0v) is 11.5. The van der Waals surface area contributed by atoms with Crippen LogP contribution in [0.4, 0.5) is 0 Å². The molecule has 0 aliphatic heterocycles. The van der Waals surface area contributed by atoms with E-state index in [4.69, 9.17) is 16.3 Å². The quantitative estimate of drug-likeness (QED) is 0.870. The number of rotatable bonds is 5. The van der Waals surface area contributed by atoms with Crippen LogP contribution in [0.1, 0.15) is 25.3 Å². The van der Waals surface area contributed by atoms with E-state index in [1.54, 1.807) is 7.11 Å². The van der Waals surface area contributed by atoms with Crippen LogP contribution in [0, 0.1) is 5.41 Å². The average molecular weight is 254 g/mol. The lowest BCUT2D eigenvalue weighted by atomic mass is 9.89. The van der Waals surface area contributed by atoms with Crippen LogP contribution in [0.3, 0.4) is 0 Å². The molecule has 0 aromatic heterocycles. The first-order valence-corrected chi connectivity index (χ1v) is 6.49. The molecule has 0 amide bonds. The third-order valence-electron chi connectivity index (χ3n) is 4.03. The zero-order chi connectivity index (χ0) is 12.5. The van der Waals surface area contributed by atoms with E-state index in [0.29, 0.717) is 11.5 Å². The first-order chi connectivity index (χ1) is 8.11. The average Bonchev–Trinajstić information content (AvgIpc) is 3.09. The fourth-order valence-electron chi connectivity index (χ4n) is 2.49. The second-order valence-corrected chi connectivity index (χ2v) is 5.44. The van der Waals surface area contributed by atoms with Crippen LogP contribution < -0.4 is 10.1 Å². The predicted octanol–water partition coefficient (Wildman–Crippen LogP) is 3.28. The first kappa shape index (κ1) is 12.7. The molecule has 0 spiro atoms. The molecule has 1 saturated carbocycles. The molecule has 2 rings (SSSR count). The molecule has 1 unspecified atom stereocenters. The zero-order valence-electron chi connectivity index (χ0n) is 10.7. The van der Waals surface area contributed by atoms with E-state index in [1.807, 2.05) is 25.2 Å². The van der Waals surface area contributed by atoms with Crippen molar-refractivity contribution in [3.63, 3.8) is 0 Å². The third-order valence-corrected chi connectivity index (χ3v) is 4.26. The standard InChI is InChI=1S/C14H20ClNO/c1-10(16-2)14(6-7-14)9-11-8-12(15)4-5-13(11)17-3/h4-5,8,10,16H,6-7,9H2,1-3H3. The molecule has 1 N–H and O–H groups in total. The molecule has 1 aliphatic rings. The van der Waals surface area contributed by atoms with Crippen molar-refractivity contribution in [1.82, 2.24) is 5.32 Å². The van der Waals surface area contributed by atoms with Gasteiger partial charge in [-0.2, -0.15) is 0 Å². The van der Waals surface area contributed by atoms with Crippen LogP contribution in [-0.4, -0.2) is 20.2 Å². The number of ether oxygens (including phenoxy) is 1. The van der Waals surface area contributed by atoms with E-state index in [9.17, 15) is 0 Å². The Hall–Kier alpha value is -0.730. The minimum atomic E-state index is 0.396. The van der Waals surface area contributed by atoms with Gasteiger partial charge in [-0.15, -0.1) is 0 Å². The molecule has 1 aromatic rings. The maximum atomic E-state index is 6.07. The molecule has 2 nitrogen and oxygen atoms in total. The lowest BCUT2D eigenvalue weighted by molar-refractivity contribution is 0.357. The fraction of sp³-hybridized carbons (Fsp3) is 0.571. The van der Waals surface area contributed by atoms with Crippen molar-refractivity contribution in [2.45, 2.75) is 32.2 Å². The summed E-state index contributed by atoms with van der Waals surface area (Å²) >= 11 is 6.07. The summed E-state index contributed by atoms with van der Waals surface area (Å²) in [5.74, 6) is 0.948. The fourth-order valence-corrected chi connectivity index (χ4v) is 2.69. The maximum absolute atomic E-state index is 6.07. The van der Waals surface area contributed by atoms with Gasteiger partial charge in [-0.25, -0.2) is 0 Å². The Kier molecular flexibility index (Phi) is 3.64. The smallest absolute Gasteiger partial charge is 0.122 e. The van der Waals surface area contributed by atoms with Crippen molar-refractivity contribution in [2.75, 3.05) is 14.2 Å². The topological polar surface area (TPSA) is 21.3 Å². The van der Waals surface area contributed by atoms with E-state index < -0.39 is 0 Å². The summed E-state index contributed by atoms with van der Waals surface area (Å²) in [4.78, 5) is 0. The molecule has 0 saturated heterocycles. The molecule has 0 bridgehead atoms. The highest BCUT2D eigenvalue weighted by atomic mass is 35.5. The van der Waals surface area contributed by atoms with Crippen LogP contribution in [0.5, 0.6) is 5.75 Å². The van der Waals surface area contributed by atoms with Crippen molar-refractivity contribution < 1.29 is 4.74 Å². The molecule has 0 heterocycles. The maximum Gasteiger partial charge on any atom is 0.122 e. The molecule has 1 fully saturated rings. The summed E-state index contributed by atoms with van der Waals surface area (Å²) in [6, 6.07) is 6.40. The van der Waals surface area contributed by atoms with E-state index in [1.165, 1.54) is 18.4 Å². The Bertz CT molecular complexity index is 401. The van der Waals surface area contributed by atoms with Crippen LogP contribution in [0.2, 0.25) is 5.02 Å². The predicted molar refractivity (Wildman–Crippen MR) is 71.9 cm³/mol. The summed E-state index contributed by atoms with van der Waals surface area (Å²) in [5, 5.41) is 4.15. The van der Waals surface area contributed by atoms with Crippen molar-refractivity contribution in [1.29, 1.82) is 0 Å². The largest absolute Gasteiger partial charge is 0.496 e. The van der Waals surface area contributed by atoms with E-state index in [-0.39, 0.29) is 0 Å². The molecule has 94 valence electrons. The van der Waals surface area contributed by atoms with Gasteiger partial charge in [0.2, 0.25) is 0 Å². The summed E-state index contributed by atoms with van der Waals surface area (Å²) in [7, 11) is 3.74. The molecule has 1 aliphatic carbocycles. The van der Waals surface area contributed by atoms with Gasteiger partial charge in [-0.3, -0.25) is 0 Å². The second-order valence-electron chi connectivity index (χ2n) is 5.01. The minimum absolute atomic E-state index is 0.396. The van der Waals surface area contributed by atoms with E-state index in [2.05, 4.69) is 12.2 Å². The summed E-state index contributed by atoms with van der Waals surface area (Å²) < 4.78 is 5.41. The Morgan fingerprint density at radius 3 is 2.71 bits per heavy atom. The third kappa shape index (κ3) is 2.58. The number of nitrogens with one attached hydrogen (secondary N) is 1. The van der Waals surface area contributed by atoms with Crippen molar-refractivity contribution >= 4 is 11.6 Å². The van der Waals surface area contributed by atoms with Crippen LogP contribution in [0.25, 0.3) is 0 Å². The van der Waals surface area contributed by atoms with Gasteiger partial charge < -0.3 is 10.1 Å². The Balaban J connectivity index is 2.21. The van der Waals surface area contributed by atoms with Crippen LogP contribution in [0.15, 0.2) is 18.2 Å². The molecular formula is C14H20ClNO. The molecule has 1 atom stereocenters. The highest BCUT2D eigenvalue weighted by Gasteiger charge is 2.46. The monoisotopic (exact) mass is 253 g/mol. The molecule has 1 aromatic carbocycles. The molecule has 0 radical (unpaired) electrons. The summed E-state index contributed by atoms with van der Waals surface area (Å²) in [6.45, 7) is 2.25. The second kappa shape index (κ2) is 4.87. The number of benzene rings is 1. The lowest BCUT2D eigenvalue weighted by Gasteiger charge is -2.24. The van der Waals surface area contributed by atoms with Crippen LogP contribution in [-0.2, 0) is 6.42 Å². The highest BCUT2D eigenvalue weighted by Crippen LogP contribution is 2.52. The minimum Gasteiger partial charge on any atom is -0.496 e. The van der Waals surface area contributed by atoms with Gasteiger partial charge in [0.15, 0.2) is 0 Å². The van der Waals surface area contributed by atoms with E-state index >= 15 is 0 Å². The Morgan fingerprint density at radius 1 is 1.47 bits per heavy atom. The van der Waals surface area contributed by atoms with Crippen molar-refractivity contribution in [2.24, 2.45) is 5.41 Å². The van der Waals surface area contributed by atoms with Crippen molar-refractivity contribution in [3.05, 3.63) is 28.8 Å². The van der Waals surface area contributed by atoms with Gasteiger partial charge in [0.1, 0.15) is 5.75 Å². The van der Waals surface area contributed by atoms with Gasteiger partial charge in [0, 0.05) is 11.1 Å². The molecule has 17 heavy (non-hydrogen) atoms. The number of methoxy groups -OCH3 is 1. The normalized spacial score (nSPS) is 18.8. The van der Waals surface area contributed by atoms with E-state index in [0.717, 1.165) is 17.2 Å². The van der Waals surface area contributed by atoms with Gasteiger partial charge >= 0.3 is 0 Å². The van der Waals surface area contributed by atoms with Gasteiger partial charge in [-0.1, -0.05) is 11.6 Å². The molecular weight excluding hydrogens is 234 g/mol. The highest BCUT2D eigenvalue weighted by molar-refractivity contribution is 6.30. The van der Waals surface area contributed by atoms with Crippen molar-refractivity contribution in [3.8, 4) is 5.75 Å². The van der Waals surface area contributed by atoms with Gasteiger partial charge in [-0.05, 0) is 62.4 Å². The van der Waals surface area contributed by atoms with Gasteiger partial charge in [0.05, 0.1) is 7.11 Å². The summed E-state index contributed by atoms with van der Waals surface area (Å²) in [6.07, 6.45) is 3.61. The SMILES string of the molecule is CNC(C)C1(Cc2cc(Cl)ccc2OC)CC1. The van der Waals surface area contributed by atoms with Gasteiger partial charge in [0.25, 0.3) is 0 Å². The Labute approximate surface area is 108 Å².